The fraction of sp³-hybridized carbons (Fsp3) is 0.222. The summed E-state index contributed by atoms with van der Waals surface area (Å²) in [7, 11) is 1.60. The number of benzene rings is 1. The minimum Gasteiger partial charge on any atom is -0.478 e. The highest BCUT2D eigenvalue weighted by atomic mass is 16.5. The van der Waals surface area contributed by atoms with Crippen LogP contribution in [0.5, 0.6) is 0 Å². The maximum atomic E-state index is 10.4. The summed E-state index contributed by atoms with van der Waals surface area (Å²) >= 11 is 0. The molecule has 0 heterocycles. The molecule has 0 spiro atoms. The molecule has 0 aliphatic carbocycles. The van der Waals surface area contributed by atoms with Crippen LogP contribution < -0.4 is 0 Å². The first-order valence-electron chi connectivity index (χ1n) is 3.55. The third kappa shape index (κ3) is 2.07. The van der Waals surface area contributed by atoms with Crippen LogP contribution in [0.1, 0.15) is 15.9 Å². The van der Waals surface area contributed by atoms with Crippen LogP contribution in [0, 0.1) is 0 Å². The minimum absolute atomic E-state index is 0.301. The van der Waals surface area contributed by atoms with Crippen molar-refractivity contribution < 1.29 is 14.6 Å². The van der Waals surface area contributed by atoms with E-state index in [1.807, 2.05) is 0 Å². The second-order valence-electron chi connectivity index (χ2n) is 2.44. The van der Waals surface area contributed by atoms with Crippen molar-refractivity contribution in [1.82, 2.24) is 0 Å². The first-order chi connectivity index (χ1) is 5.74. The van der Waals surface area contributed by atoms with Gasteiger partial charge in [0.2, 0.25) is 0 Å². The molecule has 0 amide bonds. The van der Waals surface area contributed by atoms with Crippen molar-refractivity contribution >= 4 is 5.97 Å². The van der Waals surface area contributed by atoms with Gasteiger partial charge in [0, 0.05) is 7.11 Å². The van der Waals surface area contributed by atoms with Crippen LogP contribution in [0.4, 0.5) is 0 Å². The summed E-state index contributed by atoms with van der Waals surface area (Å²) in [5.74, 6) is -0.904. The summed E-state index contributed by atoms with van der Waals surface area (Å²) in [6.07, 6.45) is 0. The van der Waals surface area contributed by atoms with E-state index in [4.69, 9.17) is 9.84 Å². The number of carboxylic acid groups (broad SMARTS) is 1. The van der Waals surface area contributed by atoms with Crippen molar-refractivity contribution in [2.45, 2.75) is 6.61 Å². The quantitative estimate of drug-likeness (QED) is 0.740. The molecule has 1 N–H and O–H groups in total. The monoisotopic (exact) mass is 166 g/mol. The zero-order valence-electron chi connectivity index (χ0n) is 6.78. The summed E-state index contributed by atoms with van der Waals surface area (Å²) in [5.41, 5.74) is 1.28. The molecule has 0 aromatic heterocycles. The number of carboxylic acids is 1. The molecule has 0 aliphatic heterocycles. The van der Waals surface area contributed by atoms with E-state index in [0.29, 0.717) is 12.2 Å². The number of hydrogen-bond acceptors (Lipinski definition) is 2. The first kappa shape index (κ1) is 8.74. The molecule has 0 fully saturated rings. The van der Waals surface area contributed by atoms with E-state index in [9.17, 15) is 4.79 Å². The predicted molar refractivity (Wildman–Crippen MR) is 44.1 cm³/mol. The standard InChI is InChI=1S/C9H10O3/c1-12-6-7-2-4-8(5-3-7)9(10)11/h2-5H,6H2,1H3,(H,10,11). The van der Waals surface area contributed by atoms with Gasteiger partial charge in [0.05, 0.1) is 12.2 Å². The number of ether oxygens (including phenoxy) is 1. The molecule has 3 heteroatoms. The summed E-state index contributed by atoms with van der Waals surface area (Å²) in [5, 5.41) is 8.57. The Kier molecular flexibility index (Phi) is 2.82. The van der Waals surface area contributed by atoms with Crippen LogP contribution >= 0.6 is 0 Å². The molecule has 1 aromatic rings. The molecule has 12 heavy (non-hydrogen) atoms. The Morgan fingerprint density at radius 1 is 1.42 bits per heavy atom. The van der Waals surface area contributed by atoms with Gasteiger partial charge < -0.3 is 9.84 Å². The zero-order chi connectivity index (χ0) is 8.97. The predicted octanol–water partition coefficient (Wildman–Crippen LogP) is 1.53. The highest BCUT2D eigenvalue weighted by molar-refractivity contribution is 5.87. The molecule has 0 bridgehead atoms. The highest BCUT2D eigenvalue weighted by Gasteiger charge is 2.00. The molecule has 0 atom stereocenters. The van der Waals surface area contributed by atoms with Gasteiger partial charge in [-0.1, -0.05) is 12.1 Å². The van der Waals surface area contributed by atoms with E-state index < -0.39 is 5.97 Å². The van der Waals surface area contributed by atoms with E-state index in [2.05, 4.69) is 0 Å². The molecular formula is C9H10O3. The first-order valence-corrected chi connectivity index (χ1v) is 3.55. The number of hydrogen-bond donors (Lipinski definition) is 1. The lowest BCUT2D eigenvalue weighted by Crippen LogP contribution is -1.96. The normalized spacial score (nSPS) is 9.75. The van der Waals surface area contributed by atoms with E-state index in [1.54, 1.807) is 31.4 Å². The van der Waals surface area contributed by atoms with Crippen LogP contribution in [0.25, 0.3) is 0 Å². The van der Waals surface area contributed by atoms with Crippen molar-refractivity contribution in [2.24, 2.45) is 0 Å². The van der Waals surface area contributed by atoms with Crippen LogP contribution in [0.15, 0.2) is 24.3 Å². The minimum atomic E-state index is -0.904. The van der Waals surface area contributed by atoms with Gasteiger partial charge in [-0.25, -0.2) is 4.79 Å². The van der Waals surface area contributed by atoms with Crippen LogP contribution in [0.2, 0.25) is 0 Å². The van der Waals surface area contributed by atoms with Gasteiger partial charge in [0.1, 0.15) is 0 Å². The van der Waals surface area contributed by atoms with Crippen molar-refractivity contribution in [3.63, 3.8) is 0 Å². The second kappa shape index (κ2) is 3.88. The van der Waals surface area contributed by atoms with E-state index in [1.165, 1.54) is 0 Å². The Morgan fingerprint density at radius 2 is 2.00 bits per heavy atom. The molecule has 64 valence electrons. The lowest BCUT2D eigenvalue weighted by Gasteiger charge is -1.99. The molecule has 0 unspecified atom stereocenters. The molecule has 1 aromatic carbocycles. The van der Waals surface area contributed by atoms with Crippen LogP contribution in [-0.4, -0.2) is 18.2 Å². The van der Waals surface area contributed by atoms with Gasteiger partial charge in [-0.15, -0.1) is 0 Å². The van der Waals surface area contributed by atoms with Crippen LogP contribution in [0.3, 0.4) is 0 Å². The molecule has 0 radical (unpaired) electrons. The molecular weight excluding hydrogens is 156 g/mol. The average molecular weight is 166 g/mol. The summed E-state index contributed by atoms with van der Waals surface area (Å²) in [6, 6.07) is 6.62. The second-order valence-corrected chi connectivity index (χ2v) is 2.44. The number of carbonyl (C=O) groups is 1. The number of rotatable bonds is 3. The summed E-state index contributed by atoms with van der Waals surface area (Å²) in [6.45, 7) is 0.514. The Hall–Kier alpha value is -1.35. The third-order valence-electron chi connectivity index (χ3n) is 1.51. The summed E-state index contributed by atoms with van der Waals surface area (Å²) in [4.78, 5) is 10.4. The van der Waals surface area contributed by atoms with Gasteiger partial charge in [-0.2, -0.15) is 0 Å². The van der Waals surface area contributed by atoms with Gasteiger partial charge in [-0.05, 0) is 17.7 Å². The lowest BCUT2D eigenvalue weighted by molar-refractivity contribution is 0.0697. The van der Waals surface area contributed by atoms with E-state index in [0.717, 1.165) is 5.56 Å². The van der Waals surface area contributed by atoms with Gasteiger partial charge in [0.25, 0.3) is 0 Å². The van der Waals surface area contributed by atoms with E-state index >= 15 is 0 Å². The van der Waals surface area contributed by atoms with E-state index in [-0.39, 0.29) is 0 Å². The lowest BCUT2D eigenvalue weighted by atomic mass is 10.1. The molecule has 0 saturated carbocycles. The third-order valence-corrected chi connectivity index (χ3v) is 1.51. The average Bonchev–Trinajstić information content (AvgIpc) is 2.06. The zero-order valence-corrected chi connectivity index (χ0v) is 6.78. The fourth-order valence-corrected chi connectivity index (χ4v) is 0.910. The van der Waals surface area contributed by atoms with Gasteiger partial charge in [0.15, 0.2) is 0 Å². The Morgan fingerprint density at radius 3 is 2.42 bits per heavy atom. The molecule has 0 saturated heterocycles. The Balaban J connectivity index is 2.78. The Labute approximate surface area is 70.6 Å². The SMILES string of the molecule is COCc1ccc(C(=O)O)cc1. The summed E-state index contributed by atoms with van der Waals surface area (Å²) < 4.78 is 4.88. The fourth-order valence-electron chi connectivity index (χ4n) is 0.910. The molecule has 0 aliphatic rings. The van der Waals surface area contributed by atoms with Crippen molar-refractivity contribution in [3.8, 4) is 0 Å². The van der Waals surface area contributed by atoms with Crippen molar-refractivity contribution in [1.29, 1.82) is 0 Å². The molecule has 1 rings (SSSR count). The molecule has 3 nitrogen and oxygen atoms in total. The number of aromatic carboxylic acids is 1. The van der Waals surface area contributed by atoms with Gasteiger partial charge in [-0.3, -0.25) is 0 Å². The van der Waals surface area contributed by atoms with Crippen LogP contribution in [-0.2, 0) is 11.3 Å². The maximum Gasteiger partial charge on any atom is 0.335 e. The topological polar surface area (TPSA) is 46.5 Å². The van der Waals surface area contributed by atoms with Crippen molar-refractivity contribution in [2.75, 3.05) is 7.11 Å². The highest BCUT2D eigenvalue weighted by Crippen LogP contribution is 2.04. The smallest absolute Gasteiger partial charge is 0.335 e. The largest absolute Gasteiger partial charge is 0.478 e. The number of methoxy groups -OCH3 is 1. The van der Waals surface area contributed by atoms with Crippen molar-refractivity contribution in [3.05, 3.63) is 35.4 Å². The van der Waals surface area contributed by atoms with Gasteiger partial charge >= 0.3 is 5.97 Å². The Bertz CT molecular complexity index is 264. The maximum absolute atomic E-state index is 10.4.